The van der Waals surface area contributed by atoms with Gasteiger partial charge in [0.1, 0.15) is 0 Å². The van der Waals surface area contributed by atoms with Crippen molar-refractivity contribution < 1.29 is 45.1 Å². The molecule has 0 aromatic heterocycles. The predicted octanol–water partition coefficient (Wildman–Crippen LogP) is 8.46. The normalized spacial score (nSPS) is 17.4. The van der Waals surface area contributed by atoms with Crippen molar-refractivity contribution in [1.29, 1.82) is 0 Å². The molecule has 3 heteroatoms. The molecule has 3 aliphatic rings. The quantitative estimate of drug-likeness (QED) is 0.151. The summed E-state index contributed by atoms with van der Waals surface area (Å²) in [4.78, 5) is 0. The fraction of sp³-hybridized carbons (Fsp3) is 0.417. The van der Waals surface area contributed by atoms with Gasteiger partial charge < -0.3 is 24.8 Å². The van der Waals surface area contributed by atoms with Crippen LogP contribution in [0.2, 0.25) is 8.26 Å². The number of halogens is 2. The van der Waals surface area contributed by atoms with Crippen molar-refractivity contribution in [3.8, 4) is 22.3 Å². The molecule has 0 radical (unpaired) electrons. The summed E-state index contributed by atoms with van der Waals surface area (Å²) in [5.74, 6) is 0. The maximum absolute atomic E-state index is 2.93. The van der Waals surface area contributed by atoms with E-state index in [4.69, 9.17) is 0 Å². The minimum atomic E-state index is -2.93. The standard InChI is InChI=1S/2C23H27.C2H4.2ClH.Zr/c2*1-6-7-8-19-13-21-17(4)16(3)18(5)23(22(21)14-19)20-11-9-15(2)10-12-20;1-2;;;/h2*9-14H,6-8H2,1-5H3;1-2H2;2*1H;/q;;;;;+2/p-2. The van der Waals surface area contributed by atoms with Crippen LogP contribution in [0.1, 0.15) is 126 Å². The van der Waals surface area contributed by atoms with Crippen LogP contribution in [0.3, 0.4) is 0 Å². The molecule has 268 valence electrons. The number of hydrogen-bond acceptors (Lipinski definition) is 0. The fourth-order valence-corrected chi connectivity index (χ4v) is 27.9. The van der Waals surface area contributed by atoms with Gasteiger partial charge in [-0.15, -0.1) is 0 Å². The average Bonchev–Trinajstić information content (AvgIpc) is 3.65. The summed E-state index contributed by atoms with van der Waals surface area (Å²) in [5.41, 5.74) is 27.9. The Morgan fingerprint density at radius 1 is 0.490 bits per heavy atom. The summed E-state index contributed by atoms with van der Waals surface area (Å²) < 4.78 is 4.41. The van der Waals surface area contributed by atoms with Crippen LogP contribution in [-0.4, -0.2) is 0 Å². The van der Waals surface area contributed by atoms with Crippen LogP contribution in [0.15, 0.2) is 59.7 Å². The van der Waals surface area contributed by atoms with E-state index in [1.807, 2.05) is 0 Å². The van der Waals surface area contributed by atoms with Crippen molar-refractivity contribution in [2.45, 2.75) is 123 Å². The molecule has 4 aromatic carbocycles. The summed E-state index contributed by atoms with van der Waals surface area (Å²) >= 11 is -2.93. The molecule has 0 nitrogen and oxygen atoms in total. The van der Waals surface area contributed by atoms with Gasteiger partial charge in [-0.2, -0.15) is 0 Å². The van der Waals surface area contributed by atoms with E-state index >= 15 is 0 Å². The molecule has 2 atom stereocenters. The van der Waals surface area contributed by atoms with E-state index < -0.39 is 20.3 Å². The molecular formula is C48H58Cl2Zr. The number of benzene rings is 4. The van der Waals surface area contributed by atoms with E-state index in [0.29, 0.717) is 7.25 Å². The maximum Gasteiger partial charge on any atom is -1.00 e. The van der Waals surface area contributed by atoms with Crippen LogP contribution in [0.5, 0.6) is 0 Å². The molecule has 2 unspecified atom stereocenters. The Kier molecular flexibility index (Phi) is 12.3. The Balaban J connectivity index is 0.00000252. The number of aryl methyl sites for hydroxylation is 2. The number of hydrogen-bond donors (Lipinski definition) is 0. The third-order valence-electron chi connectivity index (χ3n) is 13.2. The first-order chi connectivity index (χ1) is 23.5. The number of fused-ring (bicyclic) bond motifs is 2. The summed E-state index contributed by atoms with van der Waals surface area (Å²) in [6, 6.07) is 18.8. The molecule has 1 fully saturated rings. The minimum Gasteiger partial charge on any atom is -1.00 e. The van der Waals surface area contributed by atoms with Crippen LogP contribution in [0.4, 0.5) is 0 Å². The molecule has 2 aliphatic carbocycles. The third kappa shape index (κ3) is 6.66. The number of rotatable bonds is 10. The van der Waals surface area contributed by atoms with Gasteiger partial charge in [0, 0.05) is 0 Å². The summed E-state index contributed by atoms with van der Waals surface area (Å²) in [6.07, 6.45) is 13.1. The zero-order valence-corrected chi connectivity index (χ0v) is 36.8. The summed E-state index contributed by atoms with van der Waals surface area (Å²) in [5, 5.41) is 0. The van der Waals surface area contributed by atoms with Crippen LogP contribution in [-0.2, 0) is 20.3 Å². The molecule has 0 bridgehead atoms. The molecule has 4 aromatic rings. The van der Waals surface area contributed by atoms with Crippen molar-refractivity contribution in [3.05, 3.63) is 126 Å². The van der Waals surface area contributed by atoms with Crippen LogP contribution in [0.25, 0.3) is 34.4 Å². The smallest absolute Gasteiger partial charge is 1.00 e. The topological polar surface area (TPSA) is 0 Å². The Labute approximate surface area is 326 Å². The largest absolute Gasteiger partial charge is 1.00 e. The van der Waals surface area contributed by atoms with Crippen molar-refractivity contribution in [1.82, 2.24) is 0 Å². The van der Waals surface area contributed by atoms with E-state index in [-0.39, 0.29) is 24.8 Å². The van der Waals surface area contributed by atoms with Gasteiger partial charge in [-0.25, -0.2) is 0 Å². The van der Waals surface area contributed by atoms with E-state index in [1.165, 1.54) is 102 Å². The van der Waals surface area contributed by atoms with Crippen molar-refractivity contribution in [2.75, 3.05) is 0 Å². The van der Waals surface area contributed by atoms with Gasteiger partial charge in [0.2, 0.25) is 0 Å². The first-order valence-corrected chi connectivity index (χ1v) is 25.7. The number of unbranched alkanes of at least 4 members (excludes halogenated alkanes) is 2. The van der Waals surface area contributed by atoms with Crippen LogP contribution < -0.4 is 24.8 Å². The number of allylic oxidation sites excluding steroid dienone is 2. The molecule has 1 saturated heterocycles. The van der Waals surface area contributed by atoms with E-state index in [0.717, 1.165) is 0 Å². The zero-order valence-electron chi connectivity index (χ0n) is 32.8. The second-order valence-corrected chi connectivity index (χ2v) is 27.5. The first kappa shape index (κ1) is 40.0. The summed E-state index contributed by atoms with van der Waals surface area (Å²) in [6.45, 7) is 23.8. The van der Waals surface area contributed by atoms with Gasteiger partial charge in [0.15, 0.2) is 0 Å². The van der Waals surface area contributed by atoms with E-state index in [1.54, 1.807) is 44.5 Å². The van der Waals surface area contributed by atoms with Crippen LogP contribution in [0, 0.1) is 55.4 Å². The molecule has 1 heterocycles. The van der Waals surface area contributed by atoms with E-state index in [2.05, 4.69) is 130 Å². The molecule has 0 N–H and O–H groups in total. The molecule has 1 aliphatic heterocycles. The fourth-order valence-electron chi connectivity index (χ4n) is 9.95. The Morgan fingerprint density at radius 3 is 1.16 bits per heavy atom. The molecule has 0 amide bonds. The molecule has 51 heavy (non-hydrogen) atoms. The Morgan fingerprint density at radius 2 is 0.843 bits per heavy atom. The first-order valence-electron chi connectivity index (χ1n) is 19.4. The molecular weight excluding hydrogens is 739 g/mol. The van der Waals surface area contributed by atoms with Gasteiger partial charge in [-0.1, -0.05) is 0 Å². The van der Waals surface area contributed by atoms with Gasteiger partial charge in [0.25, 0.3) is 0 Å². The second kappa shape index (κ2) is 15.7. The predicted molar refractivity (Wildman–Crippen MR) is 212 cm³/mol. The van der Waals surface area contributed by atoms with Crippen LogP contribution >= 0.6 is 0 Å². The zero-order chi connectivity index (χ0) is 34.8. The van der Waals surface area contributed by atoms with Gasteiger partial charge in [-0.3, -0.25) is 0 Å². The SMILES string of the molecule is CCCCC1=Cc2c(-c3ccc(C)cc3)c(C)c(C)c(C)c2[CH]1[Zr+2]1([CH]2C(CCCC)=Cc3c(-c4ccc(C)cc4)c(C)c(C)c(C)c32)[CH2][CH2]1.[Cl-].[Cl-]. The van der Waals surface area contributed by atoms with Gasteiger partial charge in [-0.05, 0) is 0 Å². The monoisotopic (exact) mass is 794 g/mol. The second-order valence-electron chi connectivity index (χ2n) is 16.1. The van der Waals surface area contributed by atoms with Gasteiger partial charge >= 0.3 is 304 Å². The molecule has 7 rings (SSSR count). The Hall–Kier alpha value is -2.18. The van der Waals surface area contributed by atoms with Crippen molar-refractivity contribution in [2.24, 2.45) is 0 Å². The Bertz CT molecular complexity index is 1860. The van der Waals surface area contributed by atoms with Crippen molar-refractivity contribution >= 4 is 12.2 Å². The molecule has 0 spiro atoms. The third-order valence-corrected chi connectivity index (χ3v) is 26.2. The molecule has 0 saturated carbocycles. The minimum absolute atomic E-state index is 0. The summed E-state index contributed by atoms with van der Waals surface area (Å²) in [7, 11) is 0. The van der Waals surface area contributed by atoms with Gasteiger partial charge in [0.05, 0.1) is 0 Å². The maximum atomic E-state index is 2.75. The van der Waals surface area contributed by atoms with E-state index in [9.17, 15) is 0 Å². The average molecular weight is 797 g/mol. The van der Waals surface area contributed by atoms with Crippen molar-refractivity contribution in [3.63, 3.8) is 0 Å².